The third kappa shape index (κ3) is 2.82. The summed E-state index contributed by atoms with van der Waals surface area (Å²) in [4.78, 5) is 35.7. The van der Waals surface area contributed by atoms with E-state index in [1.807, 2.05) is 0 Å². The van der Waals surface area contributed by atoms with Gasteiger partial charge >= 0.3 is 5.97 Å². The number of hydrogen-bond donors (Lipinski definition) is 2. The predicted molar refractivity (Wildman–Crippen MR) is 77.1 cm³/mol. The summed E-state index contributed by atoms with van der Waals surface area (Å²) in [6, 6.07) is 6.19. The van der Waals surface area contributed by atoms with Gasteiger partial charge in [0.2, 0.25) is 11.6 Å². The molecule has 0 amide bonds. The highest BCUT2D eigenvalue weighted by Gasteiger charge is 2.31. The van der Waals surface area contributed by atoms with E-state index in [9.17, 15) is 19.5 Å². The van der Waals surface area contributed by atoms with Crippen LogP contribution in [-0.4, -0.2) is 41.0 Å². The number of ether oxygens (including phenoxy) is 1. The Balaban J connectivity index is 2.44. The molecule has 0 atom stereocenters. The van der Waals surface area contributed by atoms with Crippen molar-refractivity contribution in [3.8, 4) is 0 Å². The molecular formula is C16H14O6. The number of hydrogen-bond acceptors (Lipinski definition) is 6. The van der Waals surface area contributed by atoms with Crippen LogP contribution >= 0.6 is 0 Å². The van der Waals surface area contributed by atoms with E-state index >= 15 is 0 Å². The SMILES string of the molecule is C/C(=C\C1=C(O)c2ccccc2C(=O)C1=O)C(=O)OCCO. The number of benzene rings is 1. The highest BCUT2D eigenvalue weighted by Crippen LogP contribution is 2.28. The Morgan fingerprint density at radius 1 is 1.18 bits per heavy atom. The van der Waals surface area contributed by atoms with Gasteiger partial charge in [-0.3, -0.25) is 9.59 Å². The molecule has 1 aromatic carbocycles. The number of esters is 1. The minimum absolute atomic E-state index is 0.0375. The number of allylic oxidation sites excluding steroid dienone is 2. The van der Waals surface area contributed by atoms with Crippen LogP contribution in [0.15, 0.2) is 41.5 Å². The van der Waals surface area contributed by atoms with E-state index in [1.54, 1.807) is 12.1 Å². The minimum Gasteiger partial charge on any atom is -0.507 e. The average molecular weight is 302 g/mol. The molecule has 0 aromatic heterocycles. The van der Waals surface area contributed by atoms with Crippen LogP contribution < -0.4 is 0 Å². The van der Waals surface area contributed by atoms with Gasteiger partial charge in [0.05, 0.1) is 12.2 Å². The zero-order valence-corrected chi connectivity index (χ0v) is 11.8. The second-order valence-corrected chi connectivity index (χ2v) is 4.65. The Kier molecular flexibility index (Phi) is 4.53. The second kappa shape index (κ2) is 6.36. The van der Waals surface area contributed by atoms with Gasteiger partial charge in [-0.15, -0.1) is 0 Å². The van der Waals surface area contributed by atoms with Crippen molar-refractivity contribution >= 4 is 23.3 Å². The minimum atomic E-state index is -0.884. The summed E-state index contributed by atoms with van der Waals surface area (Å²) in [7, 11) is 0. The van der Waals surface area contributed by atoms with Gasteiger partial charge in [-0.05, 0) is 13.0 Å². The number of ketones is 2. The molecule has 0 aliphatic heterocycles. The van der Waals surface area contributed by atoms with Crippen molar-refractivity contribution in [2.45, 2.75) is 6.92 Å². The first-order valence-electron chi connectivity index (χ1n) is 6.55. The summed E-state index contributed by atoms with van der Waals surface area (Å²) in [6.07, 6.45) is 1.12. The smallest absolute Gasteiger partial charge is 0.333 e. The molecule has 2 rings (SSSR count). The molecule has 0 saturated carbocycles. The summed E-state index contributed by atoms with van der Waals surface area (Å²) in [6.45, 7) is 0.890. The van der Waals surface area contributed by atoms with Gasteiger partial charge < -0.3 is 14.9 Å². The van der Waals surface area contributed by atoms with Gasteiger partial charge in [-0.2, -0.15) is 0 Å². The Labute approximate surface area is 126 Å². The Bertz CT molecular complexity index is 711. The van der Waals surface area contributed by atoms with Crippen LogP contribution in [-0.2, 0) is 14.3 Å². The summed E-state index contributed by atoms with van der Waals surface area (Å²) in [5.74, 6) is -2.72. The van der Waals surface area contributed by atoms with Crippen LogP contribution in [0.4, 0.5) is 0 Å². The number of Topliss-reactive ketones (excluding diaryl/α,β-unsaturated/α-hetero) is 2. The molecule has 6 heteroatoms. The molecule has 0 radical (unpaired) electrons. The normalized spacial score (nSPS) is 14.9. The number of fused-ring (bicyclic) bond motifs is 1. The summed E-state index contributed by atoms with van der Waals surface area (Å²) >= 11 is 0. The van der Waals surface area contributed by atoms with Crippen molar-refractivity contribution in [2.75, 3.05) is 13.2 Å². The second-order valence-electron chi connectivity index (χ2n) is 4.65. The highest BCUT2D eigenvalue weighted by atomic mass is 16.5. The maximum Gasteiger partial charge on any atom is 0.333 e. The van der Waals surface area contributed by atoms with E-state index in [2.05, 4.69) is 0 Å². The summed E-state index contributed by atoms with van der Waals surface area (Å²) in [5.41, 5.74) is 0.162. The van der Waals surface area contributed by atoms with Crippen molar-refractivity contribution < 1.29 is 29.3 Å². The fraction of sp³-hybridized carbons (Fsp3) is 0.188. The zero-order valence-electron chi connectivity index (χ0n) is 11.8. The number of aliphatic hydroxyl groups excluding tert-OH is 2. The van der Waals surface area contributed by atoms with Crippen molar-refractivity contribution in [3.63, 3.8) is 0 Å². The Morgan fingerprint density at radius 2 is 1.82 bits per heavy atom. The van der Waals surface area contributed by atoms with Crippen molar-refractivity contribution in [3.05, 3.63) is 52.6 Å². The van der Waals surface area contributed by atoms with Crippen LogP contribution in [0.1, 0.15) is 22.8 Å². The lowest BCUT2D eigenvalue weighted by molar-refractivity contribution is -0.139. The van der Waals surface area contributed by atoms with E-state index < -0.39 is 17.5 Å². The lowest BCUT2D eigenvalue weighted by Crippen LogP contribution is -2.23. The molecule has 0 fully saturated rings. The van der Waals surface area contributed by atoms with E-state index in [0.717, 1.165) is 6.08 Å². The van der Waals surface area contributed by atoms with Crippen LogP contribution in [0.25, 0.3) is 5.76 Å². The summed E-state index contributed by atoms with van der Waals surface area (Å²) < 4.78 is 4.70. The van der Waals surface area contributed by atoms with Gasteiger partial charge in [0, 0.05) is 16.7 Å². The van der Waals surface area contributed by atoms with Crippen LogP contribution in [0.5, 0.6) is 0 Å². The molecule has 0 heterocycles. The highest BCUT2D eigenvalue weighted by molar-refractivity contribution is 6.52. The molecule has 0 unspecified atom stereocenters. The van der Waals surface area contributed by atoms with Gasteiger partial charge in [0.15, 0.2) is 0 Å². The van der Waals surface area contributed by atoms with E-state index in [0.29, 0.717) is 0 Å². The van der Waals surface area contributed by atoms with Gasteiger partial charge in [0.25, 0.3) is 0 Å². The van der Waals surface area contributed by atoms with Crippen molar-refractivity contribution in [2.24, 2.45) is 0 Å². The number of rotatable bonds is 4. The quantitative estimate of drug-likeness (QED) is 0.492. The fourth-order valence-corrected chi connectivity index (χ4v) is 2.05. The fourth-order valence-electron chi connectivity index (χ4n) is 2.05. The molecule has 0 saturated heterocycles. The first-order chi connectivity index (χ1) is 10.5. The first kappa shape index (κ1) is 15.7. The average Bonchev–Trinajstić information content (AvgIpc) is 2.54. The zero-order chi connectivity index (χ0) is 16.3. The lowest BCUT2D eigenvalue weighted by Gasteiger charge is -2.16. The molecule has 2 N–H and O–H groups in total. The van der Waals surface area contributed by atoms with Crippen LogP contribution in [0.2, 0.25) is 0 Å². The third-order valence-corrected chi connectivity index (χ3v) is 3.14. The van der Waals surface area contributed by atoms with Gasteiger partial charge in [0.1, 0.15) is 12.4 Å². The topological polar surface area (TPSA) is 101 Å². The summed E-state index contributed by atoms with van der Waals surface area (Å²) in [5, 5.41) is 18.8. The van der Waals surface area contributed by atoms with Gasteiger partial charge in [-0.1, -0.05) is 24.3 Å². The molecular weight excluding hydrogens is 288 g/mol. The van der Waals surface area contributed by atoms with Gasteiger partial charge in [-0.25, -0.2) is 4.79 Å². The standard InChI is InChI=1S/C16H14O6/c1-9(16(21)22-7-6-17)8-12-13(18)10-4-2-3-5-11(10)14(19)15(12)20/h2-5,8,17-18H,6-7H2,1H3/b9-8+. The maximum absolute atomic E-state index is 12.1. The van der Waals surface area contributed by atoms with E-state index in [4.69, 9.17) is 9.84 Å². The van der Waals surface area contributed by atoms with Crippen LogP contribution in [0, 0.1) is 0 Å². The molecule has 0 bridgehead atoms. The van der Waals surface area contributed by atoms with E-state index in [1.165, 1.54) is 19.1 Å². The third-order valence-electron chi connectivity index (χ3n) is 3.14. The van der Waals surface area contributed by atoms with Crippen LogP contribution in [0.3, 0.4) is 0 Å². The number of aliphatic hydroxyl groups is 2. The molecule has 6 nitrogen and oxygen atoms in total. The molecule has 1 aromatic rings. The maximum atomic E-state index is 12.1. The number of carbonyl (C=O) groups excluding carboxylic acids is 3. The monoisotopic (exact) mass is 302 g/mol. The molecule has 1 aliphatic carbocycles. The Morgan fingerprint density at radius 3 is 2.45 bits per heavy atom. The number of carbonyl (C=O) groups is 3. The predicted octanol–water partition coefficient (Wildman–Crippen LogP) is 1.20. The molecule has 0 spiro atoms. The molecule has 22 heavy (non-hydrogen) atoms. The Hall–Kier alpha value is -2.73. The lowest BCUT2D eigenvalue weighted by atomic mass is 9.88. The largest absolute Gasteiger partial charge is 0.507 e. The van der Waals surface area contributed by atoms with E-state index in [-0.39, 0.29) is 41.2 Å². The van der Waals surface area contributed by atoms with Crippen molar-refractivity contribution in [1.82, 2.24) is 0 Å². The first-order valence-corrected chi connectivity index (χ1v) is 6.55. The molecule has 114 valence electrons. The molecule has 1 aliphatic rings. The van der Waals surface area contributed by atoms with Crippen molar-refractivity contribution in [1.29, 1.82) is 0 Å².